The molecule has 0 amide bonds. The van der Waals surface area contributed by atoms with Crippen molar-refractivity contribution in [3.63, 3.8) is 0 Å². The molecule has 60 valence electrons. The largest absolute Gasteiger partial charge is 0.329 e. The minimum atomic E-state index is 0.597. The van der Waals surface area contributed by atoms with Crippen LogP contribution in [0.15, 0.2) is 0 Å². The zero-order chi connectivity index (χ0) is 7.40. The molecule has 0 aliphatic carbocycles. The summed E-state index contributed by atoms with van der Waals surface area (Å²) in [7, 11) is 0. The molecule has 1 aliphatic rings. The zero-order valence-electron chi connectivity index (χ0n) is 6.84. The fraction of sp³-hybridized carbons (Fsp3) is 1.00. The van der Waals surface area contributed by atoms with Crippen LogP contribution >= 0.6 is 0 Å². The number of nitrogens with two attached hydrogens (primary N) is 1. The van der Waals surface area contributed by atoms with Crippen molar-refractivity contribution in [3.8, 4) is 0 Å². The first kappa shape index (κ1) is 8.02. The molecule has 0 aromatic rings. The van der Waals surface area contributed by atoms with Crippen molar-refractivity contribution in [1.29, 1.82) is 0 Å². The van der Waals surface area contributed by atoms with Gasteiger partial charge < -0.3 is 5.73 Å². The maximum Gasteiger partial charge on any atom is 0.0190 e. The quantitative estimate of drug-likeness (QED) is 0.618. The molecule has 2 nitrogen and oxygen atoms in total. The number of nitrogens with zero attached hydrogens (tertiary/aromatic N) is 1. The lowest BCUT2D eigenvalue weighted by molar-refractivity contribution is 0.178. The highest BCUT2D eigenvalue weighted by Gasteiger charge is 2.14. The average molecular weight is 142 g/mol. The summed E-state index contributed by atoms with van der Waals surface area (Å²) in [5, 5.41) is 0. The van der Waals surface area contributed by atoms with Gasteiger partial charge in [0, 0.05) is 12.6 Å². The van der Waals surface area contributed by atoms with E-state index < -0.39 is 0 Å². The van der Waals surface area contributed by atoms with E-state index in [2.05, 4.69) is 11.8 Å². The van der Waals surface area contributed by atoms with Gasteiger partial charge in [-0.05, 0) is 32.9 Å². The molecule has 1 rings (SSSR count). The third-order valence-electron chi connectivity index (χ3n) is 2.36. The number of piperidine rings is 1. The monoisotopic (exact) mass is 142 g/mol. The summed E-state index contributed by atoms with van der Waals surface area (Å²) in [6.45, 7) is 5.54. The van der Waals surface area contributed by atoms with Crippen molar-refractivity contribution < 1.29 is 0 Å². The minimum Gasteiger partial charge on any atom is -0.329 e. The molecule has 0 aromatic carbocycles. The van der Waals surface area contributed by atoms with Gasteiger partial charge in [0.15, 0.2) is 0 Å². The topological polar surface area (TPSA) is 29.3 Å². The number of likely N-dealkylation sites (tertiary alicyclic amines) is 1. The Morgan fingerprint density at radius 3 is 2.40 bits per heavy atom. The molecule has 1 heterocycles. The Labute approximate surface area is 63.4 Å². The van der Waals surface area contributed by atoms with E-state index in [0.29, 0.717) is 6.04 Å². The van der Waals surface area contributed by atoms with Crippen LogP contribution in [0, 0.1) is 0 Å². The Bertz CT molecular complexity index is 87.3. The van der Waals surface area contributed by atoms with Gasteiger partial charge >= 0.3 is 0 Å². The summed E-state index contributed by atoms with van der Waals surface area (Å²) < 4.78 is 0. The van der Waals surface area contributed by atoms with Crippen LogP contribution in [-0.2, 0) is 0 Å². The molecular formula is C8H18N2. The zero-order valence-corrected chi connectivity index (χ0v) is 6.84. The van der Waals surface area contributed by atoms with E-state index in [0.717, 1.165) is 6.54 Å². The van der Waals surface area contributed by atoms with E-state index in [1.807, 2.05) is 0 Å². The fourth-order valence-corrected chi connectivity index (χ4v) is 1.51. The first-order chi connectivity index (χ1) is 4.84. The van der Waals surface area contributed by atoms with Crippen LogP contribution in [-0.4, -0.2) is 30.6 Å². The van der Waals surface area contributed by atoms with Crippen molar-refractivity contribution in [1.82, 2.24) is 4.90 Å². The third-order valence-corrected chi connectivity index (χ3v) is 2.36. The third kappa shape index (κ3) is 1.96. The predicted molar refractivity (Wildman–Crippen MR) is 43.9 cm³/mol. The summed E-state index contributed by atoms with van der Waals surface area (Å²) in [5.74, 6) is 0. The molecule has 1 fully saturated rings. The van der Waals surface area contributed by atoms with E-state index in [1.165, 1.54) is 32.4 Å². The normalized spacial score (nSPS) is 24.6. The van der Waals surface area contributed by atoms with Crippen molar-refractivity contribution in [2.75, 3.05) is 19.6 Å². The first-order valence-corrected chi connectivity index (χ1v) is 4.28. The number of rotatable bonds is 2. The first-order valence-electron chi connectivity index (χ1n) is 4.28. The van der Waals surface area contributed by atoms with Gasteiger partial charge in [-0.2, -0.15) is 0 Å². The van der Waals surface area contributed by atoms with Gasteiger partial charge in [-0.3, -0.25) is 4.90 Å². The van der Waals surface area contributed by atoms with Gasteiger partial charge in [0.05, 0.1) is 0 Å². The molecule has 0 radical (unpaired) electrons. The van der Waals surface area contributed by atoms with E-state index in [9.17, 15) is 0 Å². The van der Waals surface area contributed by atoms with Gasteiger partial charge in [0.1, 0.15) is 0 Å². The van der Waals surface area contributed by atoms with Crippen LogP contribution < -0.4 is 5.73 Å². The maximum absolute atomic E-state index is 5.56. The molecule has 0 spiro atoms. The summed E-state index contributed by atoms with van der Waals surface area (Å²) >= 11 is 0. The van der Waals surface area contributed by atoms with Crippen molar-refractivity contribution >= 4 is 0 Å². The second-order valence-electron chi connectivity index (χ2n) is 3.18. The van der Waals surface area contributed by atoms with Crippen LogP contribution in [0.1, 0.15) is 26.2 Å². The highest BCUT2D eigenvalue weighted by molar-refractivity contribution is 4.71. The van der Waals surface area contributed by atoms with Gasteiger partial charge in [-0.15, -0.1) is 0 Å². The second-order valence-corrected chi connectivity index (χ2v) is 3.18. The Kier molecular flexibility index (Phi) is 3.16. The lowest BCUT2D eigenvalue weighted by atomic mass is 10.1. The summed E-state index contributed by atoms with van der Waals surface area (Å²) in [6, 6.07) is 0.597. The van der Waals surface area contributed by atoms with Crippen LogP contribution in [0.3, 0.4) is 0 Å². The molecule has 0 saturated carbocycles. The molecule has 2 heteroatoms. The van der Waals surface area contributed by atoms with Crippen molar-refractivity contribution in [2.45, 2.75) is 32.2 Å². The lowest BCUT2D eigenvalue weighted by Crippen LogP contribution is -2.41. The number of hydrogen-bond donors (Lipinski definition) is 1. The molecule has 10 heavy (non-hydrogen) atoms. The minimum absolute atomic E-state index is 0.597. The predicted octanol–water partition coefficient (Wildman–Crippen LogP) is 0.819. The standard InChI is InChI=1S/C8H18N2/c1-8(7-9)10-5-3-2-4-6-10/h8H,2-7,9H2,1H3. The van der Waals surface area contributed by atoms with Crippen LogP contribution in [0.2, 0.25) is 0 Å². The summed E-state index contributed by atoms with van der Waals surface area (Å²) in [4.78, 5) is 2.49. The smallest absolute Gasteiger partial charge is 0.0190 e. The maximum atomic E-state index is 5.56. The van der Waals surface area contributed by atoms with Crippen LogP contribution in [0.4, 0.5) is 0 Å². The Morgan fingerprint density at radius 1 is 1.30 bits per heavy atom. The molecule has 1 saturated heterocycles. The van der Waals surface area contributed by atoms with Gasteiger partial charge in [-0.1, -0.05) is 6.42 Å². The van der Waals surface area contributed by atoms with E-state index in [4.69, 9.17) is 5.73 Å². The number of hydrogen-bond acceptors (Lipinski definition) is 2. The highest BCUT2D eigenvalue weighted by Crippen LogP contribution is 2.10. The van der Waals surface area contributed by atoms with Gasteiger partial charge in [0.2, 0.25) is 0 Å². The Morgan fingerprint density at radius 2 is 1.90 bits per heavy atom. The van der Waals surface area contributed by atoms with Crippen molar-refractivity contribution in [3.05, 3.63) is 0 Å². The second kappa shape index (κ2) is 3.94. The SMILES string of the molecule is CC(CN)N1CCCCC1. The Balaban J connectivity index is 2.24. The van der Waals surface area contributed by atoms with E-state index >= 15 is 0 Å². The molecule has 1 aliphatic heterocycles. The van der Waals surface area contributed by atoms with E-state index in [-0.39, 0.29) is 0 Å². The molecule has 0 aromatic heterocycles. The van der Waals surface area contributed by atoms with Crippen molar-refractivity contribution in [2.24, 2.45) is 5.73 Å². The van der Waals surface area contributed by atoms with Crippen LogP contribution in [0.5, 0.6) is 0 Å². The highest BCUT2D eigenvalue weighted by atomic mass is 15.2. The Hall–Kier alpha value is -0.0800. The fourth-order valence-electron chi connectivity index (χ4n) is 1.51. The van der Waals surface area contributed by atoms with E-state index in [1.54, 1.807) is 0 Å². The summed E-state index contributed by atoms with van der Waals surface area (Å²) in [5.41, 5.74) is 5.56. The van der Waals surface area contributed by atoms with Gasteiger partial charge in [0.25, 0.3) is 0 Å². The molecule has 1 unspecified atom stereocenters. The molecule has 1 atom stereocenters. The molecular weight excluding hydrogens is 124 g/mol. The summed E-state index contributed by atoms with van der Waals surface area (Å²) in [6.07, 6.45) is 4.14. The van der Waals surface area contributed by atoms with Crippen LogP contribution in [0.25, 0.3) is 0 Å². The lowest BCUT2D eigenvalue weighted by Gasteiger charge is -2.31. The van der Waals surface area contributed by atoms with Gasteiger partial charge in [-0.25, -0.2) is 0 Å². The molecule has 2 N–H and O–H groups in total. The average Bonchev–Trinajstić information content (AvgIpc) is 2.05. The molecule has 0 bridgehead atoms.